The van der Waals surface area contributed by atoms with Crippen LogP contribution in [-0.2, 0) is 11.2 Å². The molecular formula is C22H24N2O3. The maximum absolute atomic E-state index is 12.4. The number of amides is 1. The van der Waals surface area contributed by atoms with Gasteiger partial charge in [-0.1, -0.05) is 30.3 Å². The maximum atomic E-state index is 12.4. The summed E-state index contributed by atoms with van der Waals surface area (Å²) in [7, 11) is 0. The molecule has 2 aromatic carbocycles. The molecule has 0 aliphatic heterocycles. The van der Waals surface area contributed by atoms with Crippen molar-refractivity contribution in [2.75, 3.05) is 6.54 Å². The fourth-order valence-electron chi connectivity index (χ4n) is 3.02. The van der Waals surface area contributed by atoms with Crippen molar-refractivity contribution in [2.24, 2.45) is 0 Å². The maximum Gasteiger partial charge on any atom is 0.260 e. The van der Waals surface area contributed by atoms with Gasteiger partial charge in [0.1, 0.15) is 5.75 Å². The number of fused-ring (bicyclic) bond motifs is 1. The number of hydrogen-bond acceptors (Lipinski definition) is 3. The van der Waals surface area contributed by atoms with Crippen LogP contribution in [0.2, 0.25) is 0 Å². The van der Waals surface area contributed by atoms with Crippen molar-refractivity contribution in [3.63, 3.8) is 0 Å². The van der Waals surface area contributed by atoms with Gasteiger partial charge in [0, 0.05) is 17.5 Å². The molecule has 1 amide bonds. The zero-order valence-electron chi connectivity index (χ0n) is 15.8. The lowest BCUT2D eigenvalue weighted by molar-refractivity contribution is -0.127. The predicted molar refractivity (Wildman–Crippen MR) is 107 cm³/mol. The summed E-state index contributed by atoms with van der Waals surface area (Å²) in [4.78, 5) is 27.5. The third-order valence-electron chi connectivity index (χ3n) is 4.64. The molecule has 2 N–H and O–H groups in total. The number of aromatic amines is 1. The highest BCUT2D eigenvalue weighted by Crippen LogP contribution is 2.19. The lowest BCUT2D eigenvalue weighted by atomic mass is 10.0. The summed E-state index contributed by atoms with van der Waals surface area (Å²) < 4.78 is 5.61. The Morgan fingerprint density at radius 2 is 1.81 bits per heavy atom. The number of nitrogens with one attached hydrogen (secondary N) is 2. The second-order valence-electron chi connectivity index (χ2n) is 6.73. The molecule has 3 aromatic rings. The monoisotopic (exact) mass is 364 g/mol. The van der Waals surface area contributed by atoms with E-state index in [9.17, 15) is 9.59 Å². The summed E-state index contributed by atoms with van der Waals surface area (Å²) in [5, 5.41) is 3.87. The summed E-state index contributed by atoms with van der Waals surface area (Å²) >= 11 is 0. The van der Waals surface area contributed by atoms with Crippen LogP contribution in [-0.4, -0.2) is 23.5 Å². The first kappa shape index (κ1) is 18.7. The number of carbonyl (C=O) groups excluding carboxylic acids is 1. The van der Waals surface area contributed by atoms with Crippen LogP contribution < -0.4 is 15.6 Å². The Balaban J connectivity index is 1.63. The van der Waals surface area contributed by atoms with Crippen LogP contribution in [0, 0.1) is 13.8 Å². The van der Waals surface area contributed by atoms with Gasteiger partial charge in [-0.05, 0) is 56.5 Å². The molecule has 0 unspecified atom stereocenters. The molecule has 1 heterocycles. The van der Waals surface area contributed by atoms with Crippen molar-refractivity contribution in [2.45, 2.75) is 33.3 Å². The summed E-state index contributed by atoms with van der Waals surface area (Å²) in [5.41, 5.74) is 3.58. The highest BCUT2D eigenvalue weighted by molar-refractivity contribution is 5.85. The van der Waals surface area contributed by atoms with Crippen LogP contribution in [0.25, 0.3) is 10.9 Å². The van der Waals surface area contributed by atoms with Crippen molar-refractivity contribution >= 4 is 16.8 Å². The molecule has 0 radical (unpaired) electrons. The van der Waals surface area contributed by atoms with Crippen LogP contribution in [0.4, 0.5) is 0 Å². The molecule has 0 saturated carbocycles. The van der Waals surface area contributed by atoms with Crippen LogP contribution in [0.3, 0.4) is 0 Å². The molecule has 5 heteroatoms. The molecule has 0 fully saturated rings. The molecule has 0 bridgehead atoms. The Labute approximate surface area is 158 Å². The van der Waals surface area contributed by atoms with Gasteiger partial charge in [-0.2, -0.15) is 0 Å². The normalized spacial score (nSPS) is 12.0. The van der Waals surface area contributed by atoms with Crippen LogP contribution >= 0.6 is 0 Å². The largest absolute Gasteiger partial charge is 0.481 e. The molecule has 1 aromatic heterocycles. The Morgan fingerprint density at radius 3 is 2.56 bits per heavy atom. The van der Waals surface area contributed by atoms with Gasteiger partial charge in [0.2, 0.25) is 0 Å². The van der Waals surface area contributed by atoms with E-state index >= 15 is 0 Å². The van der Waals surface area contributed by atoms with Crippen molar-refractivity contribution in [1.82, 2.24) is 10.3 Å². The zero-order chi connectivity index (χ0) is 19.4. The zero-order valence-corrected chi connectivity index (χ0v) is 15.8. The molecule has 3 rings (SSSR count). The molecule has 140 valence electrons. The quantitative estimate of drug-likeness (QED) is 0.705. The van der Waals surface area contributed by atoms with Gasteiger partial charge in [-0.3, -0.25) is 9.59 Å². The first-order valence-electron chi connectivity index (χ1n) is 9.07. The lowest BCUT2D eigenvalue weighted by Gasteiger charge is -2.14. The minimum absolute atomic E-state index is 0.112. The number of pyridine rings is 1. The SMILES string of the molecule is Cc1ccc(C)c2[nH]c(=O)c(CCNC(=O)[C@@H](C)Oc3ccccc3)cc12. The topological polar surface area (TPSA) is 71.2 Å². The fourth-order valence-corrected chi connectivity index (χ4v) is 3.02. The van der Waals surface area contributed by atoms with E-state index in [1.54, 1.807) is 6.92 Å². The Morgan fingerprint density at radius 1 is 1.11 bits per heavy atom. The van der Waals surface area contributed by atoms with Crippen molar-refractivity contribution < 1.29 is 9.53 Å². The number of benzene rings is 2. The van der Waals surface area contributed by atoms with E-state index in [4.69, 9.17) is 4.74 Å². The minimum Gasteiger partial charge on any atom is -0.481 e. The van der Waals surface area contributed by atoms with E-state index in [0.29, 0.717) is 24.3 Å². The number of ether oxygens (including phenoxy) is 1. The molecule has 0 saturated heterocycles. The van der Waals surface area contributed by atoms with Crippen molar-refractivity contribution in [3.8, 4) is 5.75 Å². The second kappa shape index (κ2) is 8.08. The van der Waals surface area contributed by atoms with Gasteiger partial charge in [0.15, 0.2) is 6.10 Å². The number of rotatable bonds is 6. The van der Waals surface area contributed by atoms with Crippen LogP contribution in [0.1, 0.15) is 23.6 Å². The number of carbonyl (C=O) groups is 1. The molecule has 0 aliphatic rings. The van der Waals surface area contributed by atoms with Crippen molar-refractivity contribution in [1.29, 1.82) is 0 Å². The standard InChI is InChI=1S/C22H24N2O3/c1-14-9-10-15(2)20-19(14)13-17(22(26)24-20)11-12-23-21(25)16(3)27-18-7-5-4-6-8-18/h4-10,13,16H,11-12H2,1-3H3,(H,23,25)(H,24,26)/t16-/m1/s1. The van der Waals surface area contributed by atoms with Crippen LogP contribution in [0.5, 0.6) is 5.75 Å². The van der Waals surface area contributed by atoms with E-state index in [1.165, 1.54) is 0 Å². The Hall–Kier alpha value is -3.08. The molecule has 27 heavy (non-hydrogen) atoms. The summed E-state index contributed by atoms with van der Waals surface area (Å²) in [6.45, 7) is 6.08. The minimum atomic E-state index is -0.604. The molecule has 0 spiro atoms. The number of hydrogen-bond donors (Lipinski definition) is 2. The van der Waals surface area contributed by atoms with Gasteiger partial charge >= 0.3 is 0 Å². The molecule has 1 atom stereocenters. The van der Waals surface area contributed by atoms with Crippen LogP contribution in [0.15, 0.2) is 53.3 Å². The fraction of sp³-hybridized carbons (Fsp3) is 0.273. The molecule has 0 aliphatic carbocycles. The summed E-state index contributed by atoms with van der Waals surface area (Å²) in [5.74, 6) is 0.445. The number of H-pyrrole nitrogens is 1. The third kappa shape index (κ3) is 4.37. The second-order valence-corrected chi connectivity index (χ2v) is 6.73. The number of para-hydroxylation sites is 1. The smallest absolute Gasteiger partial charge is 0.260 e. The number of aromatic nitrogens is 1. The highest BCUT2D eigenvalue weighted by Gasteiger charge is 2.14. The molecule has 5 nitrogen and oxygen atoms in total. The lowest BCUT2D eigenvalue weighted by Crippen LogP contribution is -2.37. The van der Waals surface area contributed by atoms with Gasteiger partial charge in [-0.25, -0.2) is 0 Å². The predicted octanol–water partition coefficient (Wildman–Crippen LogP) is 3.27. The van der Waals surface area contributed by atoms with Gasteiger partial charge in [0.25, 0.3) is 11.5 Å². The summed E-state index contributed by atoms with van der Waals surface area (Å²) in [6, 6.07) is 15.2. The van der Waals surface area contributed by atoms with E-state index in [-0.39, 0.29) is 11.5 Å². The average molecular weight is 364 g/mol. The summed E-state index contributed by atoms with van der Waals surface area (Å²) in [6.07, 6.45) is -0.144. The Bertz CT molecular complexity index is 1010. The van der Waals surface area contributed by atoms with Gasteiger partial charge in [-0.15, -0.1) is 0 Å². The van der Waals surface area contributed by atoms with Crippen molar-refractivity contribution in [3.05, 3.63) is 75.6 Å². The highest BCUT2D eigenvalue weighted by atomic mass is 16.5. The van der Waals surface area contributed by atoms with E-state index in [0.717, 1.165) is 22.0 Å². The van der Waals surface area contributed by atoms with Gasteiger partial charge < -0.3 is 15.0 Å². The molecular weight excluding hydrogens is 340 g/mol. The third-order valence-corrected chi connectivity index (χ3v) is 4.64. The van der Waals surface area contributed by atoms with E-state index in [2.05, 4.69) is 10.3 Å². The van der Waals surface area contributed by atoms with Gasteiger partial charge in [0.05, 0.1) is 5.52 Å². The number of aryl methyl sites for hydroxylation is 2. The average Bonchev–Trinajstić information content (AvgIpc) is 2.66. The van der Waals surface area contributed by atoms with E-state index < -0.39 is 6.10 Å². The Kier molecular flexibility index (Phi) is 5.60. The van der Waals surface area contributed by atoms with E-state index in [1.807, 2.05) is 62.4 Å². The first-order chi connectivity index (χ1) is 13.0. The first-order valence-corrected chi connectivity index (χ1v) is 9.07.